The molecule has 0 radical (unpaired) electrons. The molecule has 5 rings (SSSR count). The number of nitro benzene ring substituents is 1. The number of benzene rings is 2. The average molecular weight is 595 g/mol. The normalized spacial score (nSPS) is 17.0. The number of carbonyl (C=O) groups is 2. The van der Waals surface area contributed by atoms with E-state index >= 15 is 0 Å². The van der Waals surface area contributed by atoms with Crippen LogP contribution in [-0.4, -0.2) is 44.7 Å². The zero-order valence-corrected chi connectivity index (χ0v) is 24.5. The number of hydrogen-bond donors (Lipinski definition) is 1. The molecule has 2 fully saturated rings. The molecule has 0 unspecified atom stereocenters. The molecule has 0 atom stereocenters. The van der Waals surface area contributed by atoms with Gasteiger partial charge in [0.1, 0.15) is 18.0 Å². The fraction of sp³-hybridized carbons (Fsp3) is 0.333. The van der Waals surface area contributed by atoms with Crippen LogP contribution < -0.4 is 10.1 Å². The smallest absolute Gasteiger partial charge is 0.294 e. The molecule has 0 bridgehead atoms. The van der Waals surface area contributed by atoms with Crippen molar-refractivity contribution in [3.8, 4) is 11.4 Å². The van der Waals surface area contributed by atoms with Gasteiger partial charge >= 0.3 is 0 Å². The van der Waals surface area contributed by atoms with Gasteiger partial charge in [0.15, 0.2) is 0 Å². The number of aryl methyl sites for hydroxylation is 1. The van der Waals surface area contributed by atoms with E-state index in [2.05, 4.69) is 5.32 Å². The Morgan fingerprint density at radius 2 is 1.83 bits per heavy atom. The Kier molecular flexibility index (Phi) is 8.70. The van der Waals surface area contributed by atoms with E-state index in [9.17, 15) is 19.7 Å². The van der Waals surface area contributed by atoms with E-state index < -0.39 is 0 Å². The SMILES string of the molecule is Cc1cc(/C=C2\SC(=O)N(CCOc3ccc(Cl)cc3)C2=O)c(C)n1-c1ccc(NC2CCCCC2)c([N+](=O)[O-])c1. The Morgan fingerprint density at radius 3 is 2.54 bits per heavy atom. The van der Waals surface area contributed by atoms with Gasteiger partial charge in [0.2, 0.25) is 0 Å². The van der Waals surface area contributed by atoms with Gasteiger partial charge in [0, 0.05) is 28.5 Å². The molecule has 1 aliphatic heterocycles. The summed E-state index contributed by atoms with van der Waals surface area (Å²) in [5.74, 6) is 0.223. The van der Waals surface area contributed by atoms with Crippen LogP contribution in [0.1, 0.15) is 49.1 Å². The molecule has 2 heterocycles. The van der Waals surface area contributed by atoms with E-state index in [1.165, 1.54) is 11.3 Å². The predicted molar refractivity (Wildman–Crippen MR) is 162 cm³/mol. The maximum Gasteiger partial charge on any atom is 0.294 e. The number of nitro groups is 1. The van der Waals surface area contributed by atoms with Crippen molar-refractivity contribution in [1.82, 2.24) is 9.47 Å². The van der Waals surface area contributed by atoms with Gasteiger partial charge in [-0.25, -0.2) is 0 Å². The quantitative estimate of drug-likeness (QED) is 0.155. The molecular formula is C30H31ClN4O5S. The lowest BCUT2D eigenvalue weighted by Crippen LogP contribution is -2.32. The second kappa shape index (κ2) is 12.4. The van der Waals surface area contributed by atoms with Gasteiger partial charge in [0.25, 0.3) is 16.8 Å². The Hall–Kier alpha value is -3.76. The molecule has 1 saturated carbocycles. The third-order valence-corrected chi connectivity index (χ3v) is 8.59. The van der Waals surface area contributed by atoms with Crippen LogP contribution in [0.2, 0.25) is 5.02 Å². The summed E-state index contributed by atoms with van der Waals surface area (Å²) in [7, 11) is 0. The summed E-state index contributed by atoms with van der Waals surface area (Å²) >= 11 is 6.78. The molecule has 41 heavy (non-hydrogen) atoms. The summed E-state index contributed by atoms with van der Waals surface area (Å²) in [4.78, 5) is 38.8. The minimum absolute atomic E-state index is 0.0315. The molecule has 3 aromatic rings. The van der Waals surface area contributed by atoms with Gasteiger partial charge in [-0.2, -0.15) is 0 Å². The number of carbonyl (C=O) groups excluding carboxylic acids is 2. The van der Waals surface area contributed by atoms with Crippen molar-refractivity contribution in [3.05, 3.63) is 85.5 Å². The summed E-state index contributed by atoms with van der Waals surface area (Å²) in [5, 5.41) is 15.6. The number of aromatic nitrogens is 1. The fourth-order valence-electron chi connectivity index (χ4n) is 5.35. The molecule has 1 aliphatic carbocycles. The number of anilines is 1. The first kappa shape index (κ1) is 28.8. The van der Waals surface area contributed by atoms with E-state index in [4.69, 9.17) is 16.3 Å². The highest BCUT2D eigenvalue weighted by atomic mass is 35.5. The Balaban J connectivity index is 1.32. The standard InChI is InChI=1S/C30H31ClN4O5S/c1-19-16-21(17-28-29(36)33(30(37)41-28)14-15-40-25-11-8-22(31)9-12-25)20(2)34(19)24-10-13-26(27(18-24)35(38)39)32-23-6-4-3-5-7-23/h8-13,16-18,23,32H,3-7,14-15H2,1-2H3/b28-17-. The number of hydrogen-bond acceptors (Lipinski definition) is 7. The zero-order chi connectivity index (χ0) is 29.1. The Bertz CT molecular complexity index is 1510. The van der Waals surface area contributed by atoms with Gasteiger partial charge in [-0.3, -0.25) is 24.6 Å². The van der Waals surface area contributed by atoms with Crippen molar-refractivity contribution in [2.24, 2.45) is 0 Å². The lowest BCUT2D eigenvalue weighted by Gasteiger charge is -2.24. The van der Waals surface area contributed by atoms with Crippen molar-refractivity contribution >= 4 is 52.0 Å². The first-order valence-electron chi connectivity index (χ1n) is 13.6. The number of amides is 2. The number of rotatable bonds is 9. The number of ether oxygens (including phenoxy) is 1. The van der Waals surface area contributed by atoms with Crippen LogP contribution in [0.4, 0.5) is 16.2 Å². The molecule has 9 nitrogen and oxygen atoms in total. The summed E-state index contributed by atoms with van der Waals surface area (Å²) in [6.45, 7) is 4.08. The van der Waals surface area contributed by atoms with E-state index in [1.807, 2.05) is 30.5 Å². The van der Waals surface area contributed by atoms with Gasteiger partial charge in [-0.05, 0) is 92.6 Å². The number of thioether (sulfide) groups is 1. The predicted octanol–water partition coefficient (Wildman–Crippen LogP) is 7.52. The van der Waals surface area contributed by atoms with E-state index in [1.54, 1.807) is 42.5 Å². The second-order valence-corrected chi connectivity index (χ2v) is 11.7. The largest absolute Gasteiger partial charge is 0.492 e. The third-order valence-electron chi connectivity index (χ3n) is 7.43. The first-order chi connectivity index (χ1) is 19.7. The van der Waals surface area contributed by atoms with Gasteiger partial charge in [-0.15, -0.1) is 0 Å². The first-order valence-corrected chi connectivity index (χ1v) is 14.8. The molecule has 2 aliphatic rings. The van der Waals surface area contributed by atoms with Crippen molar-refractivity contribution in [3.63, 3.8) is 0 Å². The summed E-state index contributed by atoms with van der Waals surface area (Å²) in [5.41, 5.74) is 3.64. The maximum absolute atomic E-state index is 13.1. The Morgan fingerprint density at radius 1 is 1.10 bits per heavy atom. The molecule has 2 aromatic carbocycles. The maximum atomic E-state index is 13.1. The van der Waals surface area contributed by atoms with Gasteiger partial charge < -0.3 is 14.6 Å². The monoisotopic (exact) mass is 594 g/mol. The number of halogens is 1. The van der Waals surface area contributed by atoms with E-state index in [-0.39, 0.29) is 41.0 Å². The molecular weight excluding hydrogens is 564 g/mol. The number of nitrogens with one attached hydrogen (secondary N) is 1. The zero-order valence-electron chi connectivity index (χ0n) is 22.9. The highest BCUT2D eigenvalue weighted by molar-refractivity contribution is 8.18. The van der Waals surface area contributed by atoms with Crippen LogP contribution in [0, 0.1) is 24.0 Å². The third kappa shape index (κ3) is 6.44. The van der Waals surface area contributed by atoms with E-state index in [0.29, 0.717) is 27.1 Å². The lowest BCUT2D eigenvalue weighted by atomic mass is 9.95. The van der Waals surface area contributed by atoms with Crippen LogP contribution in [0.3, 0.4) is 0 Å². The van der Waals surface area contributed by atoms with Crippen molar-refractivity contribution in [2.75, 3.05) is 18.5 Å². The van der Waals surface area contributed by atoms with Gasteiger partial charge in [-0.1, -0.05) is 30.9 Å². The Labute approximate surface area is 247 Å². The number of imide groups is 1. The van der Waals surface area contributed by atoms with Crippen molar-refractivity contribution in [2.45, 2.75) is 52.0 Å². The molecule has 1 aromatic heterocycles. The summed E-state index contributed by atoms with van der Waals surface area (Å²) < 4.78 is 7.57. The van der Waals surface area contributed by atoms with Crippen LogP contribution >= 0.6 is 23.4 Å². The minimum Gasteiger partial charge on any atom is -0.492 e. The lowest BCUT2D eigenvalue weighted by molar-refractivity contribution is -0.384. The molecule has 1 saturated heterocycles. The fourth-order valence-corrected chi connectivity index (χ4v) is 6.33. The van der Waals surface area contributed by atoms with Crippen molar-refractivity contribution < 1.29 is 19.2 Å². The van der Waals surface area contributed by atoms with Crippen LogP contribution in [0.25, 0.3) is 11.8 Å². The average Bonchev–Trinajstić information content (AvgIpc) is 3.38. The van der Waals surface area contributed by atoms with Crippen molar-refractivity contribution in [1.29, 1.82) is 0 Å². The van der Waals surface area contributed by atoms with Crippen LogP contribution in [-0.2, 0) is 4.79 Å². The highest BCUT2D eigenvalue weighted by Gasteiger charge is 2.35. The molecule has 11 heteroatoms. The summed E-state index contributed by atoms with van der Waals surface area (Å²) in [6.07, 6.45) is 7.20. The summed E-state index contributed by atoms with van der Waals surface area (Å²) in [6, 6.07) is 14.2. The van der Waals surface area contributed by atoms with Crippen LogP contribution in [0.5, 0.6) is 5.75 Å². The molecule has 214 valence electrons. The molecule has 1 N–H and O–H groups in total. The minimum atomic E-state index is -0.377. The molecule has 2 amide bonds. The van der Waals surface area contributed by atoms with E-state index in [0.717, 1.165) is 54.4 Å². The number of nitrogens with zero attached hydrogens (tertiary/aromatic N) is 3. The van der Waals surface area contributed by atoms with Gasteiger partial charge in [0.05, 0.1) is 22.1 Å². The molecule has 0 spiro atoms. The highest BCUT2D eigenvalue weighted by Crippen LogP contribution is 2.35. The second-order valence-electron chi connectivity index (χ2n) is 10.2. The topological polar surface area (TPSA) is 107 Å². The van der Waals surface area contributed by atoms with Crippen LogP contribution in [0.15, 0.2) is 53.4 Å².